The zero-order valence-corrected chi connectivity index (χ0v) is 11.2. The fourth-order valence-electron chi connectivity index (χ4n) is 1.61. The highest BCUT2D eigenvalue weighted by Gasteiger charge is 2.43. The number of halogens is 2. The topological polar surface area (TPSA) is 87.7 Å². The van der Waals surface area contributed by atoms with Gasteiger partial charge in [-0.2, -0.15) is 0 Å². The van der Waals surface area contributed by atoms with Crippen molar-refractivity contribution in [3.8, 4) is 0 Å². The Morgan fingerprint density at radius 3 is 2.50 bits per heavy atom. The molecule has 0 bridgehead atoms. The van der Waals surface area contributed by atoms with Crippen LogP contribution < -0.4 is 0 Å². The van der Waals surface area contributed by atoms with Gasteiger partial charge in [-0.3, -0.25) is 4.57 Å². The zero-order chi connectivity index (χ0) is 11.9. The Morgan fingerprint density at radius 1 is 1.38 bits per heavy atom. The lowest BCUT2D eigenvalue weighted by molar-refractivity contribution is -0.0538. The van der Waals surface area contributed by atoms with Gasteiger partial charge in [0.15, 0.2) is 6.23 Å². The van der Waals surface area contributed by atoms with Crippen LogP contribution in [0.5, 0.6) is 0 Å². The van der Waals surface area contributed by atoms with Gasteiger partial charge in [0.05, 0.1) is 12.9 Å². The first kappa shape index (κ1) is 12.5. The highest BCUT2D eigenvalue weighted by molar-refractivity contribution is 9.13. The minimum Gasteiger partial charge on any atom is -0.394 e. The molecule has 0 aliphatic carbocycles. The Hall–Kier alpha value is 0.01000. The van der Waals surface area contributed by atoms with Crippen molar-refractivity contribution in [3.63, 3.8) is 0 Å². The number of hydrogen-bond acceptors (Lipinski definition) is 5. The first-order chi connectivity index (χ1) is 7.56. The summed E-state index contributed by atoms with van der Waals surface area (Å²) in [7, 11) is 0. The summed E-state index contributed by atoms with van der Waals surface area (Å²) in [5, 5.41) is 28.3. The predicted molar refractivity (Wildman–Crippen MR) is 60.6 cm³/mol. The van der Waals surface area contributed by atoms with Gasteiger partial charge in [0, 0.05) is 0 Å². The van der Waals surface area contributed by atoms with Gasteiger partial charge < -0.3 is 20.1 Å². The molecule has 4 atom stereocenters. The lowest BCUT2D eigenvalue weighted by Gasteiger charge is -2.16. The van der Waals surface area contributed by atoms with Crippen molar-refractivity contribution in [2.24, 2.45) is 0 Å². The van der Waals surface area contributed by atoms with E-state index in [4.69, 9.17) is 9.84 Å². The summed E-state index contributed by atoms with van der Waals surface area (Å²) in [5.41, 5.74) is 0. The number of rotatable bonds is 2. The maximum absolute atomic E-state index is 9.78. The van der Waals surface area contributed by atoms with Crippen molar-refractivity contribution < 1.29 is 20.1 Å². The van der Waals surface area contributed by atoms with Gasteiger partial charge >= 0.3 is 0 Å². The number of aromatic nitrogens is 2. The van der Waals surface area contributed by atoms with Crippen molar-refractivity contribution in [2.45, 2.75) is 24.5 Å². The molecular weight excluding hydrogens is 348 g/mol. The van der Waals surface area contributed by atoms with Crippen LogP contribution in [0.1, 0.15) is 6.23 Å². The summed E-state index contributed by atoms with van der Waals surface area (Å²) in [6, 6.07) is 0. The third-order valence-corrected chi connectivity index (χ3v) is 4.38. The largest absolute Gasteiger partial charge is 0.394 e. The molecule has 1 aliphatic rings. The molecule has 2 heterocycles. The van der Waals surface area contributed by atoms with Gasteiger partial charge in [-0.05, 0) is 31.9 Å². The van der Waals surface area contributed by atoms with Crippen molar-refractivity contribution in [1.82, 2.24) is 9.55 Å². The molecular formula is C8H10Br2N2O4. The van der Waals surface area contributed by atoms with Crippen LogP contribution in [0.4, 0.5) is 0 Å². The van der Waals surface area contributed by atoms with E-state index in [0.29, 0.717) is 9.21 Å². The average molecular weight is 358 g/mol. The molecule has 16 heavy (non-hydrogen) atoms. The van der Waals surface area contributed by atoms with E-state index < -0.39 is 24.5 Å². The molecule has 1 aliphatic heterocycles. The maximum Gasteiger partial charge on any atom is 0.165 e. The van der Waals surface area contributed by atoms with Gasteiger partial charge in [-0.1, -0.05) is 0 Å². The van der Waals surface area contributed by atoms with Gasteiger partial charge in [-0.15, -0.1) is 0 Å². The first-order valence-electron chi connectivity index (χ1n) is 4.56. The minimum atomic E-state index is -1.11. The van der Waals surface area contributed by atoms with E-state index in [1.54, 1.807) is 0 Å². The molecule has 90 valence electrons. The van der Waals surface area contributed by atoms with Crippen molar-refractivity contribution in [3.05, 3.63) is 15.5 Å². The molecule has 3 N–H and O–H groups in total. The Bertz CT molecular complexity index is 386. The van der Waals surface area contributed by atoms with Crippen molar-refractivity contribution in [2.75, 3.05) is 6.61 Å². The van der Waals surface area contributed by atoms with Crippen LogP contribution in [0, 0.1) is 0 Å². The van der Waals surface area contributed by atoms with E-state index in [1.165, 1.54) is 10.9 Å². The van der Waals surface area contributed by atoms with Crippen molar-refractivity contribution >= 4 is 31.9 Å². The van der Waals surface area contributed by atoms with Crippen LogP contribution in [0.15, 0.2) is 15.5 Å². The average Bonchev–Trinajstić information content (AvgIpc) is 2.73. The lowest BCUT2D eigenvalue weighted by Crippen LogP contribution is -2.33. The lowest BCUT2D eigenvalue weighted by atomic mass is 10.1. The summed E-state index contributed by atoms with van der Waals surface area (Å²) in [6.07, 6.45) is -2.29. The molecule has 0 radical (unpaired) electrons. The van der Waals surface area contributed by atoms with E-state index in [0.717, 1.165) is 0 Å². The standard InChI is InChI=1S/C8H10Br2N2O4/c9-6-7(10)12(2-11-6)8-5(15)4(14)3(1-13)16-8/h2-5,8,13-15H,1H2/t3-,4-,5-,8?/m1/s1. The number of aliphatic hydroxyl groups is 3. The van der Waals surface area contributed by atoms with E-state index >= 15 is 0 Å². The number of aliphatic hydroxyl groups excluding tert-OH is 3. The number of hydrogen-bond donors (Lipinski definition) is 3. The Labute approximate surface area is 108 Å². The highest BCUT2D eigenvalue weighted by Crippen LogP contribution is 2.33. The van der Waals surface area contributed by atoms with E-state index in [9.17, 15) is 10.2 Å². The fourth-order valence-corrected chi connectivity index (χ4v) is 2.30. The number of ether oxygens (including phenoxy) is 1. The third-order valence-electron chi connectivity index (χ3n) is 2.48. The Balaban J connectivity index is 2.26. The molecule has 1 fully saturated rings. The quantitative estimate of drug-likeness (QED) is 0.694. The monoisotopic (exact) mass is 356 g/mol. The van der Waals surface area contributed by atoms with Crippen LogP contribution in [-0.2, 0) is 4.74 Å². The Kier molecular flexibility index (Phi) is 3.67. The Morgan fingerprint density at radius 2 is 2.06 bits per heavy atom. The summed E-state index contributed by atoms with van der Waals surface area (Å²) < 4.78 is 8.05. The van der Waals surface area contributed by atoms with Gasteiger partial charge in [0.1, 0.15) is 27.5 Å². The smallest absolute Gasteiger partial charge is 0.165 e. The second-order valence-electron chi connectivity index (χ2n) is 3.46. The summed E-state index contributed by atoms with van der Waals surface area (Å²) in [4.78, 5) is 3.97. The van der Waals surface area contributed by atoms with Crippen LogP contribution in [0.25, 0.3) is 0 Å². The van der Waals surface area contributed by atoms with Crippen molar-refractivity contribution in [1.29, 1.82) is 0 Å². The molecule has 2 rings (SSSR count). The second-order valence-corrected chi connectivity index (χ2v) is 4.96. The first-order valence-corrected chi connectivity index (χ1v) is 6.15. The molecule has 1 aromatic heterocycles. The number of nitrogens with zero attached hydrogens (tertiary/aromatic N) is 2. The van der Waals surface area contributed by atoms with Crippen LogP contribution >= 0.6 is 31.9 Å². The molecule has 1 saturated heterocycles. The molecule has 6 nitrogen and oxygen atoms in total. The molecule has 0 spiro atoms. The van der Waals surface area contributed by atoms with Gasteiger partial charge in [-0.25, -0.2) is 4.98 Å². The van der Waals surface area contributed by atoms with Crippen LogP contribution in [0.2, 0.25) is 0 Å². The highest BCUT2D eigenvalue weighted by atomic mass is 79.9. The van der Waals surface area contributed by atoms with Gasteiger partial charge in [0.25, 0.3) is 0 Å². The van der Waals surface area contributed by atoms with E-state index in [2.05, 4.69) is 36.8 Å². The van der Waals surface area contributed by atoms with E-state index in [1.807, 2.05) is 0 Å². The third kappa shape index (κ3) is 1.93. The molecule has 0 saturated carbocycles. The molecule has 8 heteroatoms. The second kappa shape index (κ2) is 4.71. The van der Waals surface area contributed by atoms with E-state index in [-0.39, 0.29) is 6.61 Å². The molecule has 0 amide bonds. The van der Waals surface area contributed by atoms with Crippen LogP contribution in [0.3, 0.4) is 0 Å². The maximum atomic E-state index is 9.78. The zero-order valence-electron chi connectivity index (χ0n) is 7.99. The van der Waals surface area contributed by atoms with Gasteiger partial charge in [0.2, 0.25) is 0 Å². The molecule has 1 unspecified atom stereocenters. The summed E-state index contributed by atoms with van der Waals surface area (Å²) in [5.74, 6) is 0. The molecule has 1 aromatic rings. The van der Waals surface area contributed by atoms with Crippen LogP contribution in [-0.4, -0.2) is 49.8 Å². The summed E-state index contributed by atoms with van der Waals surface area (Å²) in [6.45, 7) is -0.345. The SMILES string of the molecule is OC[C@H]1OC(n2cnc(Br)c2Br)[C@H](O)[C@@H]1O. The summed E-state index contributed by atoms with van der Waals surface area (Å²) >= 11 is 6.47. The number of imidazole rings is 1. The minimum absolute atomic E-state index is 0.345. The normalized spacial score (nSPS) is 34.6. The molecule has 0 aromatic carbocycles. The predicted octanol–water partition coefficient (Wildman–Crippen LogP) is 0.0196. The fraction of sp³-hybridized carbons (Fsp3) is 0.625.